The highest BCUT2D eigenvalue weighted by Crippen LogP contribution is 2.30. The molecule has 1 fully saturated rings. The van der Waals surface area contributed by atoms with Crippen molar-refractivity contribution >= 4 is 27.6 Å². The number of benzene rings is 1. The Kier molecular flexibility index (Phi) is 5.61. The second-order valence-corrected chi connectivity index (χ2v) is 7.93. The van der Waals surface area contributed by atoms with Crippen molar-refractivity contribution in [3.05, 3.63) is 23.8 Å². The van der Waals surface area contributed by atoms with E-state index in [1.807, 2.05) is 0 Å². The van der Waals surface area contributed by atoms with Crippen LogP contribution >= 0.6 is 0 Å². The van der Waals surface area contributed by atoms with Crippen LogP contribution in [-0.4, -0.2) is 32.4 Å². The molecule has 0 aliphatic heterocycles. The summed E-state index contributed by atoms with van der Waals surface area (Å²) >= 11 is 0. The maximum absolute atomic E-state index is 12.4. The second-order valence-electron chi connectivity index (χ2n) is 6.08. The summed E-state index contributed by atoms with van der Waals surface area (Å²) in [7, 11) is -2.28. The summed E-state index contributed by atoms with van der Waals surface area (Å²) in [5.41, 5.74) is 0.961. The first-order valence-electron chi connectivity index (χ1n) is 7.82. The monoisotopic (exact) mass is 354 g/mol. The molecule has 1 amide bonds. The highest BCUT2D eigenvalue weighted by Gasteiger charge is 2.31. The molecule has 0 spiro atoms. The largest absolute Gasteiger partial charge is 0.481 e. The van der Waals surface area contributed by atoms with Crippen molar-refractivity contribution in [3.63, 3.8) is 0 Å². The van der Waals surface area contributed by atoms with Crippen molar-refractivity contribution < 1.29 is 23.1 Å². The Morgan fingerprint density at radius 2 is 1.88 bits per heavy atom. The highest BCUT2D eigenvalue weighted by atomic mass is 32.2. The maximum Gasteiger partial charge on any atom is 0.306 e. The summed E-state index contributed by atoms with van der Waals surface area (Å²) < 4.78 is 26.2. The summed E-state index contributed by atoms with van der Waals surface area (Å²) in [5, 5.41) is 11.8. The maximum atomic E-state index is 12.4. The van der Waals surface area contributed by atoms with Crippen LogP contribution in [0.1, 0.15) is 31.2 Å². The quantitative estimate of drug-likeness (QED) is 0.745. The van der Waals surface area contributed by atoms with Crippen LogP contribution in [0.3, 0.4) is 0 Å². The van der Waals surface area contributed by atoms with E-state index in [0.717, 1.165) is 0 Å². The summed E-state index contributed by atoms with van der Waals surface area (Å²) in [5.74, 6) is -2.00. The molecule has 1 aromatic carbocycles. The zero-order chi connectivity index (χ0) is 17.9. The van der Waals surface area contributed by atoms with E-state index in [1.54, 1.807) is 19.1 Å². The lowest BCUT2D eigenvalue weighted by atomic mass is 9.81. The van der Waals surface area contributed by atoms with Crippen molar-refractivity contribution in [3.8, 4) is 0 Å². The van der Waals surface area contributed by atoms with Crippen molar-refractivity contribution in [1.29, 1.82) is 0 Å². The molecule has 1 saturated carbocycles. The number of nitrogens with one attached hydrogen (secondary N) is 2. The van der Waals surface area contributed by atoms with E-state index in [9.17, 15) is 18.0 Å². The SMILES string of the molecule is CNS(=O)(=O)c1cc(NC(=O)C2CCCC(C(=O)O)C2)ccc1C. The molecule has 0 radical (unpaired) electrons. The van der Waals surface area contributed by atoms with Crippen LogP contribution in [0, 0.1) is 18.8 Å². The van der Waals surface area contributed by atoms with Crippen molar-refractivity contribution in [2.75, 3.05) is 12.4 Å². The van der Waals surface area contributed by atoms with Gasteiger partial charge in [-0.2, -0.15) is 0 Å². The van der Waals surface area contributed by atoms with Crippen LogP contribution in [0.25, 0.3) is 0 Å². The molecule has 0 aromatic heterocycles. The number of hydrogen-bond donors (Lipinski definition) is 3. The van der Waals surface area contributed by atoms with Gasteiger partial charge in [0.15, 0.2) is 0 Å². The number of hydrogen-bond acceptors (Lipinski definition) is 4. The van der Waals surface area contributed by atoms with E-state index in [4.69, 9.17) is 5.11 Å². The van der Waals surface area contributed by atoms with E-state index in [0.29, 0.717) is 36.9 Å². The minimum Gasteiger partial charge on any atom is -0.481 e. The van der Waals surface area contributed by atoms with Crippen LogP contribution in [0.5, 0.6) is 0 Å². The third-order valence-corrected chi connectivity index (χ3v) is 5.96. The molecule has 132 valence electrons. The number of carbonyl (C=O) groups is 2. The summed E-state index contributed by atoms with van der Waals surface area (Å²) in [6.45, 7) is 1.68. The van der Waals surface area contributed by atoms with Gasteiger partial charge in [-0.3, -0.25) is 9.59 Å². The first kappa shape index (κ1) is 18.4. The number of carbonyl (C=O) groups excluding carboxylic acids is 1. The Labute approximate surface area is 141 Å². The number of carboxylic acids is 1. The van der Waals surface area contributed by atoms with Crippen LogP contribution in [0.2, 0.25) is 0 Å². The number of rotatable bonds is 5. The molecule has 7 nitrogen and oxygen atoms in total. The molecular formula is C16H22N2O5S. The topological polar surface area (TPSA) is 113 Å². The Balaban J connectivity index is 2.15. The average Bonchev–Trinajstić information content (AvgIpc) is 2.56. The molecule has 1 aliphatic carbocycles. The molecule has 3 N–H and O–H groups in total. The standard InChI is InChI=1S/C16H22N2O5S/c1-10-6-7-13(9-14(10)24(22,23)17-2)18-15(19)11-4-3-5-12(8-11)16(20)21/h6-7,9,11-12,17H,3-5,8H2,1-2H3,(H,18,19)(H,20,21). The number of amides is 1. The Hall–Kier alpha value is -1.93. The van der Waals surface area contributed by atoms with Gasteiger partial charge in [0, 0.05) is 11.6 Å². The second kappa shape index (κ2) is 7.31. The van der Waals surface area contributed by atoms with E-state index in [1.165, 1.54) is 13.1 Å². The van der Waals surface area contributed by atoms with E-state index in [-0.39, 0.29) is 16.7 Å². The molecule has 2 atom stereocenters. The predicted octanol–water partition coefficient (Wildman–Crippen LogP) is 1.73. The van der Waals surface area contributed by atoms with E-state index in [2.05, 4.69) is 10.0 Å². The van der Waals surface area contributed by atoms with Gasteiger partial charge in [0.1, 0.15) is 0 Å². The van der Waals surface area contributed by atoms with Gasteiger partial charge in [-0.25, -0.2) is 13.1 Å². The van der Waals surface area contributed by atoms with Gasteiger partial charge in [-0.1, -0.05) is 12.5 Å². The fourth-order valence-electron chi connectivity index (χ4n) is 2.97. The first-order valence-corrected chi connectivity index (χ1v) is 9.30. The van der Waals surface area contributed by atoms with Crippen LogP contribution < -0.4 is 10.0 Å². The third kappa shape index (κ3) is 4.12. The molecule has 24 heavy (non-hydrogen) atoms. The molecule has 1 aromatic rings. The molecule has 0 heterocycles. The molecule has 0 bridgehead atoms. The molecule has 0 saturated heterocycles. The van der Waals surface area contributed by atoms with Gasteiger partial charge < -0.3 is 10.4 Å². The summed E-state index contributed by atoms with van der Waals surface area (Å²) in [6, 6.07) is 4.68. The molecule has 2 rings (SSSR count). The van der Waals surface area contributed by atoms with Crippen LogP contribution in [0.15, 0.2) is 23.1 Å². The van der Waals surface area contributed by atoms with Crippen molar-refractivity contribution in [2.24, 2.45) is 11.8 Å². The van der Waals surface area contributed by atoms with E-state index >= 15 is 0 Å². The molecular weight excluding hydrogens is 332 g/mol. The number of sulfonamides is 1. The smallest absolute Gasteiger partial charge is 0.306 e. The van der Waals surface area contributed by atoms with Crippen molar-refractivity contribution in [1.82, 2.24) is 4.72 Å². The highest BCUT2D eigenvalue weighted by molar-refractivity contribution is 7.89. The third-order valence-electron chi connectivity index (χ3n) is 4.41. The summed E-state index contributed by atoms with van der Waals surface area (Å²) in [6.07, 6.45) is 2.24. The van der Waals surface area contributed by atoms with Gasteiger partial charge in [0.05, 0.1) is 10.8 Å². The lowest BCUT2D eigenvalue weighted by molar-refractivity contribution is -0.143. The van der Waals surface area contributed by atoms with Gasteiger partial charge in [0.2, 0.25) is 15.9 Å². The Bertz CT molecular complexity index is 745. The molecule has 8 heteroatoms. The molecule has 1 aliphatic rings. The van der Waals surface area contributed by atoms with Gasteiger partial charge >= 0.3 is 5.97 Å². The van der Waals surface area contributed by atoms with E-state index < -0.39 is 21.9 Å². The van der Waals surface area contributed by atoms with Crippen LogP contribution in [-0.2, 0) is 19.6 Å². The number of anilines is 1. The first-order chi connectivity index (χ1) is 11.2. The Morgan fingerprint density at radius 3 is 2.50 bits per heavy atom. The van der Waals surface area contributed by atoms with Gasteiger partial charge in [0.25, 0.3) is 0 Å². The number of carboxylic acid groups (broad SMARTS) is 1. The van der Waals surface area contributed by atoms with Gasteiger partial charge in [-0.05, 0) is 50.9 Å². The Morgan fingerprint density at radius 1 is 1.21 bits per heavy atom. The minimum absolute atomic E-state index is 0.106. The van der Waals surface area contributed by atoms with Crippen LogP contribution in [0.4, 0.5) is 5.69 Å². The fourth-order valence-corrected chi connectivity index (χ4v) is 3.97. The van der Waals surface area contributed by atoms with Crippen molar-refractivity contribution in [2.45, 2.75) is 37.5 Å². The zero-order valence-electron chi connectivity index (χ0n) is 13.7. The average molecular weight is 354 g/mol. The summed E-state index contributed by atoms with van der Waals surface area (Å²) in [4.78, 5) is 23.6. The van der Waals surface area contributed by atoms with Gasteiger partial charge in [-0.15, -0.1) is 0 Å². The lowest BCUT2D eigenvalue weighted by Gasteiger charge is -2.25. The fraction of sp³-hybridized carbons (Fsp3) is 0.500. The number of aryl methyl sites for hydroxylation is 1. The predicted molar refractivity (Wildman–Crippen MR) is 89.1 cm³/mol. The lowest BCUT2D eigenvalue weighted by Crippen LogP contribution is -2.31. The minimum atomic E-state index is -3.61. The number of aliphatic carboxylic acids is 1. The molecule has 2 unspecified atom stereocenters. The zero-order valence-corrected chi connectivity index (χ0v) is 14.5. The normalized spacial score (nSPS) is 21.2.